The van der Waals surface area contributed by atoms with E-state index in [2.05, 4.69) is 22.9 Å². The molecule has 0 aliphatic heterocycles. The van der Waals surface area contributed by atoms with Crippen LogP contribution in [0.1, 0.15) is 33.6 Å². The minimum atomic E-state index is -0.641. The molecule has 0 spiro atoms. The number of hydrogen-bond donors (Lipinski definition) is 0. The predicted molar refractivity (Wildman–Crippen MR) is 81.3 cm³/mol. The van der Waals surface area contributed by atoms with E-state index in [-0.39, 0.29) is 5.97 Å². The normalized spacial score (nSPS) is 11.8. The van der Waals surface area contributed by atoms with Crippen LogP contribution in [0.15, 0.2) is 22.7 Å². The molecule has 0 saturated carbocycles. The summed E-state index contributed by atoms with van der Waals surface area (Å²) >= 11 is 3.42. The first-order valence-corrected chi connectivity index (χ1v) is 7.63. The third kappa shape index (κ3) is 5.41. The molecule has 4 nitrogen and oxygen atoms in total. The molecule has 20 heavy (non-hydrogen) atoms. The van der Waals surface area contributed by atoms with Crippen LogP contribution in [0.25, 0.3) is 0 Å². The summed E-state index contributed by atoms with van der Waals surface area (Å²) in [5, 5.41) is 0. The molecule has 0 aliphatic carbocycles. The molecular formula is C15H21BrO4. The van der Waals surface area contributed by atoms with Crippen molar-refractivity contribution < 1.29 is 19.0 Å². The molecule has 1 atom stereocenters. The molecule has 0 radical (unpaired) electrons. The fraction of sp³-hybridized carbons (Fsp3) is 0.533. The van der Waals surface area contributed by atoms with E-state index in [0.717, 1.165) is 23.1 Å². The molecule has 0 saturated heterocycles. The summed E-state index contributed by atoms with van der Waals surface area (Å²) in [6.45, 7) is 6.59. The van der Waals surface area contributed by atoms with Gasteiger partial charge in [-0.25, -0.2) is 4.79 Å². The molecular weight excluding hydrogens is 324 g/mol. The van der Waals surface area contributed by atoms with Gasteiger partial charge in [-0.1, -0.05) is 13.3 Å². The van der Waals surface area contributed by atoms with Crippen LogP contribution >= 0.6 is 15.9 Å². The van der Waals surface area contributed by atoms with E-state index in [9.17, 15) is 4.79 Å². The van der Waals surface area contributed by atoms with Crippen LogP contribution in [0.4, 0.5) is 0 Å². The number of hydrogen-bond acceptors (Lipinski definition) is 4. The summed E-state index contributed by atoms with van der Waals surface area (Å²) in [6.07, 6.45) is 1.48. The van der Waals surface area contributed by atoms with Crippen molar-refractivity contribution >= 4 is 21.9 Å². The van der Waals surface area contributed by atoms with Gasteiger partial charge in [-0.2, -0.15) is 0 Å². The van der Waals surface area contributed by atoms with E-state index in [1.807, 2.05) is 12.1 Å². The Morgan fingerprint density at radius 2 is 2.10 bits per heavy atom. The quantitative estimate of drug-likeness (QED) is 0.528. The van der Waals surface area contributed by atoms with Crippen LogP contribution in [0, 0.1) is 0 Å². The van der Waals surface area contributed by atoms with Gasteiger partial charge in [0.15, 0.2) is 6.10 Å². The number of esters is 1. The summed E-state index contributed by atoms with van der Waals surface area (Å²) in [6, 6.07) is 5.44. The lowest BCUT2D eigenvalue weighted by atomic mass is 10.3. The average molecular weight is 345 g/mol. The number of benzene rings is 1. The molecule has 0 N–H and O–H groups in total. The van der Waals surface area contributed by atoms with Crippen LogP contribution in [0.5, 0.6) is 11.5 Å². The van der Waals surface area contributed by atoms with Crippen molar-refractivity contribution in [2.75, 3.05) is 13.2 Å². The Kier molecular flexibility index (Phi) is 7.44. The third-order valence-corrected chi connectivity index (χ3v) is 3.21. The highest BCUT2D eigenvalue weighted by molar-refractivity contribution is 9.10. The van der Waals surface area contributed by atoms with E-state index >= 15 is 0 Å². The number of carbonyl (C=O) groups is 1. The smallest absolute Gasteiger partial charge is 0.347 e. The maximum Gasteiger partial charge on any atom is 0.347 e. The Balaban J connectivity index is 2.61. The Labute approximate surface area is 128 Å². The zero-order chi connectivity index (χ0) is 15.0. The lowest BCUT2D eigenvalue weighted by molar-refractivity contribution is -0.150. The molecule has 0 aliphatic rings. The van der Waals surface area contributed by atoms with Crippen molar-refractivity contribution in [1.29, 1.82) is 0 Å². The summed E-state index contributed by atoms with van der Waals surface area (Å²) in [4.78, 5) is 11.5. The molecule has 0 bridgehead atoms. The summed E-state index contributed by atoms with van der Waals surface area (Å²) in [5.74, 6) is 0.998. The van der Waals surface area contributed by atoms with E-state index in [0.29, 0.717) is 19.0 Å². The van der Waals surface area contributed by atoms with Crippen LogP contribution in [-0.4, -0.2) is 25.3 Å². The zero-order valence-electron chi connectivity index (χ0n) is 12.1. The number of halogens is 1. The highest BCUT2D eigenvalue weighted by Gasteiger charge is 2.17. The first-order chi connectivity index (χ1) is 9.58. The maximum absolute atomic E-state index is 11.5. The summed E-state index contributed by atoms with van der Waals surface area (Å²) in [7, 11) is 0. The van der Waals surface area contributed by atoms with Crippen LogP contribution in [-0.2, 0) is 9.53 Å². The van der Waals surface area contributed by atoms with Crippen LogP contribution < -0.4 is 9.47 Å². The molecule has 1 aromatic rings. The van der Waals surface area contributed by atoms with Crippen LogP contribution in [0.2, 0.25) is 0 Å². The molecule has 0 fully saturated rings. The lowest BCUT2D eigenvalue weighted by Gasteiger charge is -2.15. The van der Waals surface area contributed by atoms with Gasteiger partial charge in [0, 0.05) is 0 Å². The lowest BCUT2D eigenvalue weighted by Crippen LogP contribution is -2.26. The minimum absolute atomic E-state index is 0.345. The van der Waals surface area contributed by atoms with E-state index in [1.54, 1.807) is 19.9 Å². The number of unbranched alkanes of at least 4 members (excludes halogenated alkanes) is 1. The molecule has 1 rings (SSSR count). The van der Waals surface area contributed by atoms with Crippen molar-refractivity contribution in [1.82, 2.24) is 0 Å². The number of ether oxygens (including phenoxy) is 3. The average Bonchev–Trinajstić information content (AvgIpc) is 2.42. The Bertz CT molecular complexity index is 434. The van der Waals surface area contributed by atoms with E-state index in [4.69, 9.17) is 14.2 Å². The first-order valence-electron chi connectivity index (χ1n) is 6.84. The molecule has 1 aromatic carbocycles. The molecule has 5 heteroatoms. The van der Waals surface area contributed by atoms with Crippen molar-refractivity contribution in [2.45, 2.75) is 39.7 Å². The monoisotopic (exact) mass is 344 g/mol. The molecule has 0 aromatic heterocycles. The fourth-order valence-corrected chi connectivity index (χ4v) is 1.95. The highest BCUT2D eigenvalue weighted by atomic mass is 79.9. The zero-order valence-corrected chi connectivity index (χ0v) is 13.7. The second-order valence-electron chi connectivity index (χ2n) is 4.31. The van der Waals surface area contributed by atoms with Gasteiger partial charge in [0.25, 0.3) is 0 Å². The minimum Gasteiger partial charge on any atom is -0.494 e. The number of carbonyl (C=O) groups excluding carboxylic acids is 1. The van der Waals surface area contributed by atoms with Gasteiger partial charge in [-0.3, -0.25) is 0 Å². The van der Waals surface area contributed by atoms with E-state index in [1.165, 1.54) is 0 Å². The summed E-state index contributed by atoms with van der Waals surface area (Å²) < 4.78 is 16.8. The van der Waals surface area contributed by atoms with Crippen LogP contribution in [0.3, 0.4) is 0 Å². The fourth-order valence-electron chi connectivity index (χ4n) is 1.50. The predicted octanol–water partition coefficient (Wildman–Crippen LogP) is 3.96. The van der Waals surface area contributed by atoms with Crippen molar-refractivity contribution in [3.05, 3.63) is 22.7 Å². The molecule has 112 valence electrons. The molecule has 0 heterocycles. The van der Waals surface area contributed by atoms with Crippen molar-refractivity contribution in [3.63, 3.8) is 0 Å². The topological polar surface area (TPSA) is 44.8 Å². The van der Waals surface area contributed by atoms with Gasteiger partial charge in [0.1, 0.15) is 11.5 Å². The van der Waals surface area contributed by atoms with Gasteiger partial charge >= 0.3 is 5.97 Å². The second-order valence-corrected chi connectivity index (χ2v) is 5.16. The maximum atomic E-state index is 11.5. The SMILES string of the molecule is CCCCOc1ccc(O[C@H](C)C(=O)OCC)c(Br)c1. The van der Waals surface area contributed by atoms with Crippen molar-refractivity contribution in [3.8, 4) is 11.5 Å². The highest BCUT2D eigenvalue weighted by Crippen LogP contribution is 2.30. The number of rotatable bonds is 8. The van der Waals surface area contributed by atoms with E-state index < -0.39 is 6.10 Å². The van der Waals surface area contributed by atoms with Gasteiger partial charge in [0.05, 0.1) is 17.7 Å². The largest absolute Gasteiger partial charge is 0.494 e. The Hall–Kier alpha value is -1.23. The third-order valence-electron chi connectivity index (χ3n) is 2.59. The standard InChI is InChI=1S/C15H21BrO4/c1-4-6-9-19-12-7-8-14(13(16)10-12)20-11(3)15(17)18-5-2/h7-8,10-11H,4-6,9H2,1-3H3/t11-/m1/s1. The Morgan fingerprint density at radius 1 is 1.35 bits per heavy atom. The summed E-state index contributed by atoms with van der Waals surface area (Å²) in [5.41, 5.74) is 0. The van der Waals surface area contributed by atoms with Gasteiger partial charge in [0.2, 0.25) is 0 Å². The first kappa shape index (κ1) is 16.8. The van der Waals surface area contributed by atoms with Gasteiger partial charge in [-0.15, -0.1) is 0 Å². The second kappa shape index (κ2) is 8.84. The molecule has 0 amide bonds. The van der Waals surface area contributed by atoms with Gasteiger partial charge < -0.3 is 14.2 Å². The van der Waals surface area contributed by atoms with Crippen molar-refractivity contribution in [2.24, 2.45) is 0 Å². The Morgan fingerprint density at radius 3 is 2.70 bits per heavy atom. The molecule has 0 unspecified atom stereocenters. The van der Waals surface area contributed by atoms with Gasteiger partial charge in [-0.05, 0) is 54.4 Å².